The Morgan fingerprint density at radius 1 is 1.28 bits per heavy atom. The number of hydrogen-bond acceptors (Lipinski definition) is 4. The Bertz CT molecular complexity index is 957. The summed E-state index contributed by atoms with van der Waals surface area (Å²) in [6.45, 7) is 2.43. The third kappa shape index (κ3) is 3.93. The minimum absolute atomic E-state index is 0. The van der Waals surface area contributed by atoms with Crippen LogP contribution < -0.4 is 10.1 Å². The molecule has 0 fully saturated rings. The lowest BCUT2D eigenvalue weighted by atomic mass is 10.1. The van der Waals surface area contributed by atoms with Gasteiger partial charge in [-0.05, 0) is 43.3 Å². The number of anilines is 2. The first-order valence-electron chi connectivity index (χ1n) is 7.30. The molecule has 0 bridgehead atoms. The molecule has 0 aliphatic heterocycles. The zero-order chi connectivity index (χ0) is 17.1. The van der Waals surface area contributed by atoms with Gasteiger partial charge >= 0.3 is 0 Å². The van der Waals surface area contributed by atoms with Gasteiger partial charge in [0, 0.05) is 17.3 Å². The number of ether oxygens (including phenoxy) is 1. The van der Waals surface area contributed by atoms with E-state index in [-0.39, 0.29) is 17.4 Å². The number of nitrogens with zero attached hydrogens (tertiary/aromatic N) is 2. The number of pyridine rings is 1. The normalized spacial score (nSPS) is 10.0. The second-order valence-electron chi connectivity index (χ2n) is 5.02. The van der Waals surface area contributed by atoms with Crippen LogP contribution in [0.1, 0.15) is 12.5 Å². The van der Waals surface area contributed by atoms with Gasteiger partial charge in [-0.25, -0.2) is 4.39 Å². The summed E-state index contributed by atoms with van der Waals surface area (Å²) in [7, 11) is 0. The van der Waals surface area contributed by atoms with E-state index >= 15 is 0 Å². The van der Waals surface area contributed by atoms with Crippen LogP contribution >= 0.6 is 24.0 Å². The summed E-state index contributed by atoms with van der Waals surface area (Å²) in [4.78, 5) is 4.28. The molecular weight excluding hydrogens is 364 g/mol. The minimum Gasteiger partial charge on any atom is -0.494 e. The van der Waals surface area contributed by atoms with Crippen LogP contribution in [0.15, 0.2) is 42.6 Å². The van der Waals surface area contributed by atoms with Gasteiger partial charge in [-0.2, -0.15) is 5.26 Å². The van der Waals surface area contributed by atoms with Crippen LogP contribution in [0.3, 0.4) is 0 Å². The fourth-order valence-electron chi connectivity index (χ4n) is 2.37. The van der Waals surface area contributed by atoms with Gasteiger partial charge in [-0.15, -0.1) is 12.4 Å². The summed E-state index contributed by atoms with van der Waals surface area (Å²) in [5.41, 5.74) is 2.24. The molecule has 0 saturated carbocycles. The van der Waals surface area contributed by atoms with Crippen molar-refractivity contribution < 1.29 is 9.13 Å². The molecule has 7 heteroatoms. The molecule has 1 heterocycles. The number of nitrogens with one attached hydrogen (secondary N) is 1. The van der Waals surface area contributed by atoms with E-state index in [9.17, 15) is 9.65 Å². The van der Waals surface area contributed by atoms with Crippen LogP contribution in [0.2, 0.25) is 5.02 Å². The molecule has 0 atom stereocenters. The van der Waals surface area contributed by atoms with Crippen molar-refractivity contribution in [2.24, 2.45) is 0 Å². The Hall–Kier alpha value is -2.55. The summed E-state index contributed by atoms with van der Waals surface area (Å²) in [5.74, 6) is 0.183. The number of halogens is 3. The molecule has 0 amide bonds. The molecular formula is C18H14Cl2FN3O. The van der Waals surface area contributed by atoms with Crippen molar-refractivity contribution in [3.8, 4) is 11.8 Å². The second-order valence-corrected chi connectivity index (χ2v) is 5.43. The number of rotatable bonds is 4. The quantitative estimate of drug-likeness (QED) is 0.655. The zero-order valence-electron chi connectivity index (χ0n) is 13.2. The third-order valence-electron chi connectivity index (χ3n) is 3.46. The van der Waals surface area contributed by atoms with Crippen LogP contribution in [0.25, 0.3) is 10.9 Å². The predicted molar refractivity (Wildman–Crippen MR) is 99.6 cm³/mol. The number of nitriles is 1. The van der Waals surface area contributed by atoms with Gasteiger partial charge in [0.1, 0.15) is 17.6 Å². The van der Waals surface area contributed by atoms with Crippen molar-refractivity contribution in [3.63, 3.8) is 0 Å². The van der Waals surface area contributed by atoms with Crippen LogP contribution in [-0.2, 0) is 0 Å². The maximum absolute atomic E-state index is 13.3. The van der Waals surface area contributed by atoms with Crippen molar-refractivity contribution in [2.45, 2.75) is 6.92 Å². The topological polar surface area (TPSA) is 57.9 Å². The molecule has 1 N–H and O–H groups in total. The summed E-state index contributed by atoms with van der Waals surface area (Å²) in [6.07, 6.45) is 1.50. The molecule has 3 aromatic rings. The number of aromatic nitrogens is 1. The minimum atomic E-state index is -0.499. The number of fused-ring (bicyclic) bond motifs is 1. The van der Waals surface area contributed by atoms with E-state index < -0.39 is 5.82 Å². The number of hydrogen-bond donors (Lipinski definition) is 1. The van der Waals surface area contributed by atoms with E-state index in [1.807, 2.05) is 25.1 Å². The first-order chi connectivity index (χ1) is 11.6. The maximum atomic E-state index is 13.3. The Labute approximate surface area is 155 Å². The van der Waals surface area contributed by atoms with Crippen molar-refractivity contribution in [1.29, 1.82) is 5.26 Å². The molecule has 0 aliphatic rings. The van der Waals surface area contributed by atoms with Gasteiger partial charge < -0.3 is 10.1 Å². The van der Waals surface area contributed by atoms with Gasteiger partial charge in [0.25, 0.3) is 0 Å². The molecule has 1 aromatic heterocycles. The van der Waals surface area contributed by atoms with Gasteiger partial charge in [0.15, 0.2) is 0 Å². The van der Waals surface area contributed by atoms with E-state index in [1.165, 1.54) is 18.3 Å². The Balaban J connectivity index is 0.00000225. The highest BCUT2D eigenvalue weighted by Crippen LogP contribution is 2.32. The highest BCUT2D eigenvalue weighted by molar-refractivity contribution is 6.31. The first-order valence-corrected chi connectivity index (χ1v) is 7.68. The van der Waals surface area contributed by atoms with E-state index in [4.69, 9.17) is 16.3 Å². The maximum Gasteiger partial charge on any atom is 0.141 e. The van der Waals surface area contributed by atoms with Crippen LogP contribution in [-0.4, -0.2) is 11.6 Å². The monoisotopic (exact) mass is 377 g/mol. The smallest absolute Gasteiger partial charge is 0.141 e. The zero-order valence-corrected chi connectivity index (χ0v) is 14.8. The van der Waals surface area contributed by atoms with Crippen molar-refractivity contribution >= 4 is 46.3 Å². The van der Waals surface area contributed by atoms with Gasteiger partial charge in [0.05, 0.1) is 28.4 Å². The highest BCUT2D eigenvalue weighted by atomic mass is 35.5. The summed E-state index contributed by atoms with van der Waals surface area (Å²) < 4.78 is 18.9. The van der Waals surface area contributed by atoms with Crippen LogP contribution in [0.4, 0.5) is 15.8 Å². The molecule has 0 unspecified atom stereocenters. The summed E-state index contributed by atoms with van der Waals surface area (Å²) >= 11 is 5.83. The summed E-state index contributed by atoms with van der Waals surface area (Å²) in [5, 5.41) is 13.3. The molecule has 3 rings (SSSR count). The average molecular weight is 378 g/mol. The molecule has 0 radical (unpaired) electrons. The first kappa shape index (κ1) is 18.8. The van der Waals surface area contributed by atoms with Gasteiger partial charge in [0.2, 0.25) is 0 Å². The van der Waals surface area contributed by atoms with Crippen molar-refractivity contribution in [2.75, 3.05) is 11.9 Å². The molecule has 2 aromatic carbocycles. The Morgan fingerprint density at radius 3 is 2.76 bits per heavy atom. The summed E-state index contributed by atoms with van der Waals surface area (Å²) in [6, 6.07) is 11.9. The number of benzene rings is 2. The highest BCUT2D eigenvalue weighted by Gasteiger charge is 2.11. The fourth-order valence-corrected chi connectivity index (χ4v) is 2.55. The molecule has 128 valence electrons. The lowest BCUT2D eigenvalue weighted by Crippen LogP contribution is -1.98. The van der Waals surface area contributed by atoms with Gasteiger partial charge in [-0.3, -0.25) is 4.98 Å². The van der Waals surface area contributed by atoms with E-state index in [1.54, 1.807) is 6.07 Å². The third-order valence-corrected chi connectivity index (χ3v) is 3.75. The lowest BCUT2D eigenvalue weighted by Gasteiger charge is -2.13. The molecule has 4 nitrogen and oxygen atoms in total. The Kier molecular flexibility index (Phi) is 6.02. The molecule has 0 aliphatic carbocycles. The van der Waals surface area contributed by atoms with Crippen molar-refractivity contribution in [1.82, 2.24) is 4.98 Å². The van der Waals surface area contributed by atoms with E-state index in [0.29, 0.717) is 34.8 Å². The fraction of sp³-hybridized carbons (Fsp3) is 0.111. The molecule has 0 spiro atoms. The van der Waals surface area contributed by atoms with E-state index in [0.717, 1.165) is 5.39 Å². The average Bonchev–Trinajstić information content (AvgIpc) is 2.59. The molecule has 0 saturated heterocycles. The van der Waals surface area contributed by atoms with Crippen LogP contribution in [0.5, 0.6) is 5.75 Å². The van der Waals surface area contributed by atoms with Crippen LogP contribution in [0, 0.1) is 17.1 Å². The molecule has 25 heavy (non-hydrogen) atoms. The van der Waals surface area contributed by atoms with E-state index in [2.05, 4.69) is 16.4 Å². The van der Waals surface area contributed by atoms with Crippen molar-refractivity contribution in [3.05, 3.63) is 59.0 Å². The lowest BCUT2D eigenvalue weighted by molar-refractivity contribution is 0.340. The van der Waals surface area contributed by atoms with Gasteiger partial charge in [-0.1, -0.05) is 11.6 Å². The SMILES string of the molecule is CCOc1ccc2ncc(C#N)c(Nc3ccc(F)c(Cl)c3)c2c1.Cl. The largest absolute Gasteiger partial charge is 0.494 e. The standard InChI is InChI=1S/C18H13ClFN3O.ClH/c1-2-24-13-4-6-17-14(8-13)18(11(9-21)10-22-17)23-12-3-5-16(20)15(19)7-12;/h3-8,10H,2H2,1H3,(H,22,23);1H. The predicted octanol–water partition coefficient (Wildman–Crippen LogP) is 5.46. The second kappa shape index (κ2) is 8.02. The Morgan fingerprint density at radius 2 is 2.08 bits per heavy atom.